The zero-order valence-electron chi connectivity index (χ0n) is 31.1. The van der Waals surface area contributed by atoms with Crippen LogP contribution in [0.4, 0.5) is 0 Å². The molecule has 0 radical (unpaired) electrons. The fourth-order valence-electron chi connectivity index (χ4n) is 9.27. The molecule has 0 aliphatic heterocycles. The summed E-state index contributed by atoms with van der Waals surface area (Å²) in [5, 5.41) is 7.73. The molecule has 0 spiro atoms. The SMILES string of the molecule is C1=Cc2c(n(-c3nc(-c4ccc5c(c4)oc4ccccc45)nc(-c4cccc5c4oc4ccccc45)n3)c3cc4c5ccccc5n(-c5ccccc5)c4cc23)CC1. The number of allylic oxidation sites excluding steroid dienone is 1. The Labute approximate surface area is 330 Å². The zero-order chi connectivity index (χ0) is 37.9. The van der Waals surface area contributed by atoms with E-state index < -0.39 is 0 Å². The molecule has 5 aromatic heterocycles. The van der Waals surface area contributed by atoms with Crippen molar-refractivity contribution in [3.8, 4) is 34.4 Å². The molecule has 7 heteroatoms. The van der Waals surface area contributed by atoms with Crippen LogP contribution in [0.2, 0.25) is 0 Å². The second-order valence-electron chi connectivity index (χ2n) is 15.1. The molecule has 0 amide bonds. The molecule has 12 aromatic rings. The molecule has 5 heterocycles. The molecule has 1 aliphatic rings. The van der Waals surface area contributed by atoms with Gasteiger partial charge in [0, 0.05) is 60.2 Å². The number of hydrogen-bond acceptors (Lipinski definition) is 5. The molecule has 0 N–H and O–H groups in total. The van der Waals surface area contributed by atoms with Crippen LogP contribution in [0.25, 0.3) is 117 Å². The van der Waals surface area contributed by atoms with Crippen LogP contribution < -0.4 is 0 Å². The minimum absolute atomic E-state index is 0.540. The highest BCUT2D eigenvalue weighted by atomic mass is 16.3. The van der Waals surface area contributed by atoms with E-state index in [1.807, 2.05) is 48.5 Å². The highest BCUT2D eigenvalue weighted by Crippen LogP contribution is 2.41. The lowest BCUT2D eigenvalue weighted by Crippen LogP contribution is -2.10. The van der Waals surface area contributed by atoms with Gasteiger partial charge in [0.1, 0.15) is 22.3 Å². The number of nitrogens with zero attached hydrogens (tertiary/aromatic N) is 5. The minimum atomic E-state index is 0.540. The topological polar surface area (TPSA) is 74.8 Å². The number of fused-ring (bicyclic) bond motifs is 12. The highest BCUT2D eigenvalue weighted by Gasteiger charge is 2.25. The Kier molecular flexibility index (Phi) is 6.43. The third-order valence-corrected chi connectivity index (χ3v) is 11.9. The maximum Gasteiger partial charge on any atom is 0.238 e. The molecule has 0 bridgehead atoms. The normalized spacial score (nSPS) is 13.0. The Balaban J connectivity index is 1.11. The number of rotatable bonds is 4. The smallest absolute Gasteiger partial charge is 0.238 e. The number of hydrogen-bond donors (Lipinski definition) is 0. The Morgan fingerprint density at radius 3 is 2.03 bits per heavy atom. The standard InChI is InChI=1S/C51H31N5O2/c1-2-13-31(14-3-1)55-41-21-8-4-15-32(41)39-29-44-40(28-43(39)55)33-16-5-9-22-42(33)56(44)51-53-49(30-25-26-36-34-17-6-10-23-45(34)57-47(36)27-30)52-50(54-51)38-20-12-19-37-35-18-7-11-24-46(35)58-48(37)38/h1-8,10-21,23-29H,9,22H2. The first kappa shape index (κ1) is 31.4. The maximum atomic E-state index is 6.56. The molecule has 1 aliphatic carbocycles. The van der Waals surface area contributed by atoms with E-state index in [1.54, 1.807) is 0 Å². The first-order valence-electron chi connectivity index (χ1n) is 19.7. The maximum absolute atomic E-state index is 6.56. The van der Waals surface area contributed by atoms with Gasteiger partial charge in [0.15, 0.2) is 11.6 Å². The van der Waals surface area contributed by atoms with Gasteiger partial charge in [0.2, 0.25) is 5.95 Å². The monoisotopic (exact) mass is 745 g/mol. The first-order valence-corrected chi connectivity index (χ1v) is 19.7. The largest absolute Gasteiger partial charge is 0.456 e. The van der Waals surface area contributed by atoms with Gasteiger partial charge in [-0.25, -0.2) is 4.98 Å². The summed E-state index contributed by atoms with van der Waals surface area (Å²) in [6.45, 7) is 0. The average Bonchev–Trinajstić information content (AvgIpc) is 4.03. The van der Waals surface area contributed by atoms with Gasteiger partial charge >= 0.3 is 0 Å². The van der Waals surface area contributed by atoms with Crippen LogP contribution in [0, 0.1) is 0 Å². The van der Waals surface area contributed by atoms with Crippen molar-refractivity contribution in [2.45, 2.75) is 12.8 Å². The lowest BCUT2D eigenvalue weighted by molar-refractivity contribution is 0.668. The third-order valence-electron chi connectivity index (χ3n) is 11.9. The molecule has 272 valence electrons. The second-order valence-corrected chi connectivity index (χ2v) is 15.1. The Hall–Kier alpha value is -7.77. The van der Waals surface area contributed by atoms with Gasteiger partial charge in [-0.2, -0.15) is 9.97 Å². The molecule has 7 aromatic carbocycles. The van der Waals surface area contributed by atoms with E-state index >= 15 is 0 Å². The van der Waals surface area contributed by atoms with Gasteiger partial charge in [0.25, 0.3) is 0 Å². The lowest BCUT2D eigenvalue weighted by atomic mass is 10.0. The molecule has 0 saturated carbocycles. The van der Waals surface area contributed by atoms with Crippen molar-refractivity contribution in [1.29, 1.82) is 0 Å². The van der Waals surface area contributed by atoms with Crippen LogP contribution in [-0.2, 0) is 6.42 Å². The van der Waals surface area contributed by atoms with Gasteiger partial charge in [-0.3, -0.25) is 4.57 Å². The summed E-state index contributed by atoms with van der Waals surface area (Å²) >= 11 is 0. The van der Waals surface area contributed by atoms with Crippen LogP contribution in [0.3, 0.4) is 0 Å². The molecule has 0 fully saturated rings. The summed E-state index contributed by atoms with van der Waals surface area (Å²) in [6.07, 6.45) is 6.32. The van der Waals surface area contributed by atoms with Crippen molar-refractivity contribution in [1.82, 2.24) is 24.1 Å². The zero-order valence-corrected chi connectivity index (χ0v) is 31.1. The molecule has 0 atom stereocenters. The van der Waals surface area contributed by atoms with Crippen molar-refractivity contribution in [2.75, 3.05) is 0 Å². The highest BCUT2D eigenvalue weighted by molar-refractivity contribution is 6.15. The van der Waals surface area contributed by atoms with Crippen LogP contribution in [0.5, 0.6) is 0 Å². The van der Waals surface area contributed by atoms with Crippen molar-refractivity contribution < 1.29 is 8.83 Å². The van der Waals surface area contributed by atoms with Gasteiger partial charge in [0.05, 0.1) is 22.1 Å². The van der Waals surface area contributed by atoms with E-state index in [0.717, 1.165) is 95.5 Å². The summed E-state index contributed by atoms with van der Waals surface area (Å²) in [5.74, 6) is 1.66. The van der Waals surface area contributed by atoms with Crippen LogP contribution >= 0.6 is 0 Å². The van der Waals surface area contributed by atoms with E-state index in [0.29, 0.717) is 17.6 Å². The van der Waals surface area contributed by atoms with Gasteiger partial charge < -0.3 is 13.4 Å². The molecule has 0 saturated heterocycles. The number of furan rings is 2. The average molecular weight is 746 g/mol. The molecule has 58 heavy (non-hydrogen) atoms. The predicted octanol–water partition coefficient (Wildman–Crippen LogP) is 13.0. The Bertz CT molecular complexity index is 3690. The van der Waals surface area contributed by atoms with Crippen molar-refractivity contribution in [2.24, 2.45) is 0 Å². The van der Waals surface area contributed by atoms with Gasteiger partial charge in [-0.05, 0) is 73.5 Å². The quantitative estimate of drug-likeness (QED) is 0.179. The summed E-state index contributed by atoms with van der Waals surface area (Å²) < 4.78 is 17.6. The summed E-state index contributed by atoms with van der Waals surface area (Å²) in [5.41, 5.74) is 11.7. The summed E-state index contributed by atoms with van der Waals surface area (Å²) in [4.78, 5) is 15.9. The Morgan fingerprint density at radius 2 is 1.16 bits per heavy atom. The predicted molar refractivity (Wildman–Crippen MR) is 234 cm³/mol. The lowest BCUT2D eigenvalue weighted by Gasteiger charge is -2.14. The number of para-hydroxylation sites is 5. The molecule has 0 unspecified atom stereocenters. The summed E-state index contributed by atoms with van der Waals surface area (Å²) in [6, 6.07) is 52.7. The summed E-state index contributed by atoms with van der Waals surface area (Å²) in [7, 11) is 0. The van der Waals surface area contributed by atoms with E-state index in [1.165, 1.54) is 22.0 Å². The van der Waals surface area contributed by atoms with Crippen LogP contribution in [0.15, 0.2) is 167 Å². The molecule has 13 rings (SSSR count). The fourth-order valence-corrected chi connectivity index (χ4v) is 9.27. The second kappa shape index (κ2) is 11.9. The molecular weight excluding hydrogens is 715 g/mol. The van der Waals surface area contributed by atoms with Crippen LogP contribution in [-0.4, -0.2) is 24.1 Å². The third kappa shape index (κ3) is 4.46. The van der Waals surface area contributed by atoms with E-state index in [4.69, 9.17) is 23.8 Å². The molecular formula is C51H31N5O2. The molecule has 7 nitrogen and oxygen atoms in total. The van der Waals surface area contributed by atoms with E-state index in [9.17, 15) is 0 Å². The fraction of sp³-hybridized carbons (Fsp3) is 0.0392. The number of aromatic nitrogens is 5. The van der Waals surface area contributed by atoms with Gasteiger partial charge in [-0.1, -0.05) is 103 Å². The van der Waals surface area contributed by atoms with Crippen molar-refractivity contribution in [3.63, 3.8) is 0 Å². The van der Waals surface area contributed by atoms with E-state index in [2.05, 4.69) is 124 Å². The van der Waals surface area contributed by atoms with Crippen molar-refractivity contribution in [3.05, 3.63) is 169 Å². The van der Waals surface area contributed by atoms with Crippen LogP contribution in [0.1, 0.15) is 17.7 Å². The Morgan fingerprint density at radius 1 is 0.466 bits per heavy atom. The first-order chi connectivity index (χ1) is 28.7. The van der Waals surface area contributed by atoms with Gasteiger partial charge in [-0.15, -0.1) is 0 Å². The number of benzene rings is 7. The van der Waals surface area contributed by atoms with Crippen molar-refractivity contribution >= 4 is 82.7 Å². The minimum Gasteiger partial charge on any atom is -0.456 e. The van der Waals surface area contributed by atoms with E-state index in [-0.39, 0.29) is 0 Å².